The van der Waals surface area contributed by atoms with Gasteiger partial charge in [0.2, 0.25) is 0 Å². The zero-order chi connectivity index (χ0) is 11.9. The largest absolute Gasteiger partial charge is 1.00 e. The summed E-state index contributed by atoms with van der Waals surface area (Å²) in [5.41, 5.74) is 0. The van der Waals surface area contributed by atoms with Crippen LogP contribution >= 0.6 is 0 Å². The summed E-state index contributed by atoms with van der Waals surface area (Å²) < 4.78 is 34.6. The Kier molecular flexibility index (Phi) is 9.75. The predicted molar refractivity (Wildman–Crippen MR) is 59.8 cm³/mol. The molecule has 92 valence electrons. The van der Waals surface area contributed by atoms with E-state index in [-0.39, 0.29) is 36.2 Å². The molecule has 0 aliphatic carbocycles. The summed E-state index contributed by atoms with van der Waals surface area (Å²) in [6.45, 7) is 1.86. The normalized spacial score (nSPS) is 17.5. The predicted octanol–water partition coefficient (Wildman–Crippen LogP) is -1.61. The maximum Gasteiger partial charge on any atom is 1.00 e. The monoisotopic (exact) mass is 288 g/mol. The first kappa shape index (κ1) is 17.5. The Morgan fingerprint density at radius 2 is 2.12 bits per heavy atom. The van der Waals surface area contributed by atoms with Crippen molar-refractivity contribution in [2.45, 2.75) is 19.4 Å². The summed E-state index contributed by atoms with van der Waals surface area (Å²) >= 11 is 3.97. The second-order valence-electron chi connectivity index (χ2n) is 3.07. The van der Waals surface area contributed by atoms with Gasteiger partial charge in [0.25, 0.3) is 0 Å². The molecule has 2 rings (SSSR count). The fourth-order valence-electron chi connectivity index (χ4n) is 1.04. The topological polar surface area (TPSA) is 71.7 Å². The summed E-state index contributed by atoms with van der Waals surface area (Å²) in [6, 6.07) is 3.23. The van der Waals surface area contributed by atoms with Gasteiger partial charge in [-0.05, 0) is 36.2 Å². The molecule has 0 amide bonds. The molecule has 1 saturated heterocycles. The molecule has 1 aromatic rings. The number of hydrogen-bond acceptors (Lipinski definition) is 6. The van der Waals surface area contributed by atoms with Gasteiger partial charge in [-0.15, -0.1) is 0 Å². The van der Waals surface area contributed by atoms with Gasteiger partial charge in [0.1, 0.15) is 12.4 Å². The van der Waals surface area contributed by atoms with Crippen LogP contribution < -0.4 is 29.6 Å². The number of ether oxygens (including phenoxy) is 1. The number of rotatable bonds is 3. The van der Waals surface area contributed by atoms with Crippen molar-refractivity contribution in [2.75, 3.05) is 13.2 Å². The third-order valence-corrected chi connectivity index (χ3v) is 2.45. The molecule has 0 spiro atoms. The van der Waals surface area contributed by atoms with Crippen LogP contribution in [0.5, 0.6) is 0 Å². The second-order valence-corrected chi connectivity index (χ2v) is 5.35. The van der Waals surface area contributed by atoms with Gasteiger partial charge >= 0.3 is 29.6 Å². The molecule has 0 radical (unpaired) electrons. The van der Waals surface area contributed by atoms with Crippen LogP contribution in [-0.4, -0.2) is 22.0 Å². The maximum atomic E-state index is 10.3. The van der Waals surface area contributed by atoms with Crippen molar-refractivity contribution >= 4 is 20.2 Å². The van der Waals surface area contributed by atoms with Crippen LogP contribution in [0.4, 0.5) is 0 Å². The second kappa shape index (κ2) is 9.46. The third kappa shape index (κ3) is 10.2. The van der Waals surface area contributed by atoms with Crippen molar-refractivity contribution in [3.8, 4) is 0 Å². The average Bonchev–Trinajstić information content (AvgIpc) is 2.90. The Balaban J connectivity index is 0.000000360. The first-order valence-electron chi connectivity index (χ1n) is 4.78. The van der Waals surface area contributed by atoms with Gasteiger partial charge in [0.05, 0.1) is 15.3 Å². The standard InChI is InChI=1S/C5H6O4S2.C4H8O.Na/c6-11(7,10)9-4-5-2-1-3-8-5;1-2-4-5-3-1;/h1-3H,4H2,(H,6,7,10);1-4H2;/q;;+1/p-1. The van der Waals surface area contributed by atoms with Crippen LogP contribution in [0.2, 0.25) is 0 Å². The van der Waals surface area contributed by atoms with Crippen molar-refractivity contribution in [3.63, 3.8) is 0 Å². The first-order chi connectivity index (χ1) is 7.58. The number of furan rings is 1. The summed E-state index contributed by atoms with van der Waals surface area (Å²) in [6.07, 6.45) is 3.98. The summed E-state index contributed by atoms with van der Waals surface area (Å²) in [4.78, 5) is 0. The Bertz CT molecular complexity index is 364. The van der Waals surface area contributed by atoms with Crippen molar-refractivity contribution < 1.29 is 51.7 Å². The molecule has 1 aliphatic heterocycles. The van der Waals surface area contributed by atoms with Gasteiger partial charge in [-0.3, -0.25) is 4.18 Å². The Hall–Kier alpha value is 0.530. The molecule has 1 unspecified atom stereocenters. The fourth-order valence-corrected chi connectivity index (χ4v) is 1.44. The van der Waals surface area contributed by atoms with E-state index in [9.17, 15) is 8.76 Å². The molecule has 17 heavy (non-hydrogen) atoms. The molecule has 0 N–H and O–H groups in total. The van der Waals surface area contributed by atoms with Gasteiger partial charge in [-0.1, -0.05) is 0 Å². The van der Waals surface area contributed by atoms with E-state index in [4.69, 9.17) is 9.15 Å². The van der Waals surface area contributed by atoms with Crippen LogP contribution in [0.15, 0.2) is 22.8 Å². The summed E-state index contributed by atoms with van der Waals surface area (Å²) in [5, 5.41) is 0. The van der Waals surface area contributed by atoms with E-state index < -0.39 is 9.05 Å². The SMILES string of the molecule is C1CCOC1.O=S([O-])(=S)OCc1ccco1.[Na+]. The van der Waals surface area contributed by atoms with E-state index in [1.54, 1.807) is 12.1 Å². The summed E-state index contributed by atoms with van der Waals surface area (Å²) in [5.74, 6) is 0.429. The molecule has 8 heteroatoms. The van der Waals surface area contributed by atoms with Crippen molar-refractivity contribution in [1.29, 1.82) is 0 Å². The fraction of sp³-hybridized carbons (Fsp3) is 0.556. The molecule has 0 saturated carbocycles. The molecule has 1 aromatic heterocycles. The van der Waals surface area contributed by atoms with Crippen molar-refractivity contribution in [3.05, 3.63) is 24.2 Å². The maximum absolute atomic E-state index is 10.3. The molecule has 1 fully saturated rings. The van der Waals surface area contributed by atoms with Crippen molar-refractivity contribution in [1.82, 2.24) is 0 Å². The molecular formula is C9H13NaO5S2. The molecule has 2 heterocycles. The van der Waals surface area contributed by atoms with Crippen LogP contribution in [-0.2, 0) is 35.8 Å². The van der Waals surface area contributed by atoms with E-state index in [1.165, 1.54) is 19.1 Å². The zero-order valence-electron chi connectivity index (χ0n) is 9.63. The smallest absolute Gasteiger partial charge is 0.748 e. The van der Waals surface area contributed by atoms with E-state index in [0.717, 1.165) is 13.2 Å². The van der Waals surface area contributed by atoms with Gasteiger partial charge in [0, 0.05) is 13.2 Å². The van der Waals surface area contributed by atoms with E-state index in [2.05, 4.69) is 15.4 Å². The molecule has 0 aromatic carbocycles. The van der Waals surface area contributed by atoms with Gasteiger partial charge in [-0.25, -0.2) is 4.21 Å². The van der Waals surface area contributed by atoms with E-state index in [0.29, 0.717) is 5.76 Å². The molecular weight excluding hydrogens is 275 g/mol. The molecule has 1 atom stereocenters. The van der Waals surface area contributed by atoms with Crippen molar-refractivity contribution in [2.24, 2.45) is 0 Å². The Labute approximate surface area is 128 Å². The molecule has 0 bridgehead atoms. The van der Waals surface area contributed by atoms with Crippen LogP contribution in [0, 0.1) is 0 Å². The zero-order valence-corrected chi connectivity index (χ0v) is 13.3. The number of hydrogen-bond donors (Lipinski definition) is 0. The first-order valence-corrected chi connectivity index (χ1v) is 7.11. The van der Waals surface area contributed by atoms with Gasteiger partial charge < -0.3 is 13.7 Å². The Morgan fingerprint density at radius 3 is 2.47 bits per heavy atom. The minimum absolute atomic E-state index is 0. The minimum atomic E-state index is -3.78. The quantitative estimate of drug-likeness (QED) is 0.623. The Morgan fingerprint density at radius 1 is 1.47 bits per heavy atom. The van der Waals surface area contributed by atoms with Crippen LogP contribution in [0.3, 0.4) is 0 Å². The molecule has 5 nitrogen and oxygen atoms in total. The van der Waals surface area contributed by atoms with E-state index in [1.807, 2.05) is 0 Å². The summed E-state index contributed by atoms with van der Waals surface area (Å²) in [7, 11) is -3.78. The average molecular weight is 288 g/mol. The van der Waals surface area contributed by atoms with Gasteiger partial charge in [-0.2, -0.15) is 0 Å². The van der Waals surface area contributed by atoms with Crippen LogP contribution in [0.25, 0.3) is 0 Å². The van der Waals surface area contributed by atoms with E-state index >= 15 is 0 Å². The van der Waals surface area contributed by atoms with Crippen LogP contribution in [0.1, 0.15) is 18.6 Å². The third-order valence-electron chi connectivity index (χ3n) is 1.75. The van der Waals surface area contributed by atoms with Gasteiger partial charge in [0.15, 0.2) is 0 Å². The molecule has 1 aliphatic rings. The minimum Gasteiger partial charge on any atom is -0.748 e.